The molecule has 0 heterocycles. The lowest BCUT2D eigenvalue weighted by Crippen LogP contribution is -2.00. The van der Waals surface area contributed by atoms with E-state index in [4.69, 9.17) is 14.7 Å². The van der Waals surface area contributed by atoms with Gasteiger partial charge in [-0.15, -0.1) is 0 Å². The van der Waals surface area contributed by atoms with Gasteiger partial charge in [-0.2, -0.15) is 5.26 Å². The van der Waals surface area contributed by atoms with Gasteiger partial charge in [-0.1, -0.05) is 0 Å². The average molecular weight is 285 g/mol. The van der Waals surface area contributed by atoms with Crippen molar-refractivity contribution in [2.24, 2.45) is 0 Å². The van der Waals surface area contributed by atoms with Crippen LogP contribution in [0.1, 0.15) is 21.5 Å². The molecule has 0 aliphatic heterocycles. The highest BCUT2D eigenvalue weighted by molar-refractivity contribution is 5.80. The topological polar surface area (TPSA) is 59.3 Å². The zero-order valence-corrected chi connectivity index (χ0v) is 11.3. The lowest BCUT2D eigenvalue weighted by atomic mass is 10.1. The molecule has 4 nitrogen and oxygen atoms in total. The van der Waals surface area contributed by atoms with E-state index in [2.05, 4.69) is 0 Å². The van der Waals surface area contributed by atoms with Crippen LogP contribution in [0.25, 0.3) is 0 Å². The van der Waals surface area contributed by atoms with E-state index in [1.807, 2.05) is 6.07 Å². The predicted octanol–water partition coefficient (Wildman–Crippen LogP) is 3.10. The standard InChI is InChI=1S/C16H12FNO3/c1-20-15-2-3-16(13(7-15)9-19)21-10-12-4-11(8-18)5-14(17)6-12/h2-7,9H,10H2,1H3. The normalized spacial score (nSPS) is 9.76. The van der Waals surface area contributed by atoms with Gasteiger partial charge in [-0.3, -0.25) is 4.79 Å². The molecule has 0 N–H and O–H groups in total. The van der Waals surface area contributed by atoms with Crippen molar-refractivity contribution in [1.29, 1.82) is 5.26 Å². The summed E-state index contributed by atoms with van der Waals surface area (Å²) in [5.74, 6) is 0.411. The second kappa shape index (κ2) is 6.53. The Kier molecular flexibility index (Phi) is 4.52. The van der Waals surface area contributed by atoms with Gasteiger partial charge >= 0.3 is 0 Å². The van der Waals surface area contributed by atoms with Gasteiger partial charge in [0.25, 0.3) is 0 Å². The van der Waals surface area contributed by atoms with Crippen LogP contribution in [0.15, 0.2) is 36.4 Å². The largest absolute Gasteiger partial charge is 0.497 e. The average Bonchev–Trinajstić information content (AvgIpc) is 2.52. The zero-order chi connectivity index (χ0) is 15.2. The van der Waals surface area contributed by atoms with Crippen molar-refractivity contribution >= 4 is 6.29 Å². The molecule has 2 aromatic carbocycles. The molecule has 0 atom stereocenters. The minimum atomic E-state index is -0.502. The molecule has 0 bridgehead atoms. The SMILES string of the molecule is COc1ccc(OCc2cc(F)cc(C#N)c2)c(C=O)c1. The summed E-state index contributed by atoms with van der Waals surface area (Å²) < 4.78 is 23.8. The second-order valence-electron chi connectivity index (χ2n) is 4.27. The van der Waals surface area contributed by atoms with Crippen molar-refractivity contribution in [3.8, 4) is 17.6 Å². The van der Waals surface area contributed by atoms with E-state index in [1.165, 1.54) is 19.2 Å². The maximum Gasteiger partial charge on any atom is 0.153 e. The highest BCUT2D eigenvalue weighted by Gasteiger charge is 2.07. The van der Waals surface area contributed by atoms with Crippen LogP contribution in [0.5, 0.6) is 11.5 Å². The van der Waals surface area contributed by atoms with Gasteiger partial charge in [0.15, 0.2) is 6.29 Å². The number of rotatable bonds is 5. The molecule has 106 valence electrons. The smallest absolute Gasteiger partial charge is 0.153 e. The number of carbonyl (C=O) groups excluding carboxylic acids is 1. The van der Waals surface area contributed by atoms with Crippen LogP contribution in [0.3, 0.4) is 0 Å². The number of benzene rings is 2. The van der Waals surface area contributed by atoms with Crippen molar-refractivity contribution in [1.82, 2.24) is 0 Å². The number of hydrogen-bond donors (Lipinski definition) is 0. The van der Waals surface area contributed by atoms with E-state index in [9.17, 15) is 9.18 Å². The zero-order valence-electron chi connectivity index (χ0n) is 11.3. The molecule has 5 heteroatoms. The Morgan fingerprint density at radius 2 is 2.10 bits per heavy atom. The number of halogens is 1. The third-order valence-corrected chi connectivity index (χ3v) is 2.82. The molecule has 0 fully saturated rings. The molecule has 0 aromatic heterocycles. The van der Waals surface area contributed by atoms with Gasteiger partial charge < -0.3 is 9.47 Å². The van der Waals surface area contributed by atoms with Crippen LogP contribution in [0, 0.1) is 17.1 Å². The second-order valence-corrected chi connectivity index (χ2v) is 4.27. The van der Waals surface area contributed by atoms with Crippen molar-refractivity contribution in [2.45, 2.75) is 6.61 Å². The van der Waals surface area contributed by atoms with Crippen LogP contribution >= 0.6 is 0 Å². The van der Waals surface area contributed by atoms with E-state index in [0.29, 0.717) is 28.9 Å². The molecule has 0 radical (unpaired) electrons. The molecular formula is C16H12FNO3. The Hall–Kier alpha value is -2.87. The van der Waals surface area contributed by atoms with Crippen LogP contribution in [-0.2, 0) is 6.61 Å². The van der Waals surface area contributed by atoms with Crippen molar-refractivity contribution in [3.05, 3.63) is 58.9 Å². The first-order valence-corrected chi connectivity index (χ1v) is 6.12. The van der Waals surface area contributed by atoms with Crippen LogP contribution < -0.4 is 9.47 Å². The first-order chi connectivity index (χ1) is 10.2. The van der Waals surface area contributed by atoms with Crippen molar-refractivity contribution in [2.75, 3.05) is 7.11 Å². The lowest BCUT2D eigenvalue weighted by molar-refractivity contribution is 0.111. The maximum absolute atomic E-state index is 13.3. The Balaban J connectivity index is 2.18. The maximum atomic E-state index is 13.3. The third-order valence-electron chi connectivity index (χ3n) is 2.82. The highest BCUT2D eigenvalue weighted by Crippen LogP contribution is 2.23. The Bertz CT molecular complexity index is 707. The van der Waals surface area contributed by atoms with Gasteiger partial charge in [-0.25, -0.2) is 4.39 Å². The molecule has 0 aliphatic carbocycles. The summed E-state index contributed by atoms with van der Waals surface area (Å²) in [7, 11) is 1.50. The van der Waals surface area contributed by atoms with E-state index in [0.717, 1.165) is 6.07 Å². The Morgan fingerprint density at radius 1 is 1.29 bits per heavy atom. The summed E-state index contributed by atoms with van der Waals surface area (Å²) in [6.45, 7) is 0.0552. The van der Waals surface area contributed by atoms with E-state index >= 15 is 0 Å². The van der Waals surface area contributed by atoms with Crippen LogP contribution in [0.4, 0.5) is 4.39 Å². The summed E-state index contributed by atoms with van der Waals surface area (Å²) in [5, 5.41) is 8.79. The minimum Gasteiger partial charge on any atom is -0.497 e. The molecule has 0 saturated carbocycles. The fourth-order valence-electron chi connectivity index (χ4n) is 1.84. The summed E-state index contributed by atoms with van der Waals surface area (Å²) >= 11 is 0. The Labute approximate surface area is 121 Å². The first kappa shape index (κ1) is 14.5. The predicted molar refractivity (Wildman–Crippen MR) is 73.8 cm³/mol. The fourth-order valence-corrected chi connectivity index (χ4v) is 1.84. The quantitative estimate of drug-likeness (QED) is 0.792. The summed E-state index contributed by atoms with van der Waals surface area (Å²) in [6, 6.07) is 10.7. The number of nitrogens with zero attached hydrogens (tertiary/aromatic N) is 1. The van der Waals surface area contributed by atoms with Crippen LogP contribution in [-0.4, -0.2) is 13.4 Å². The fraction of sp³-hybridized carbons (Fsp3) is 0.125. The molecule has 21 heavy (non-hydrogen) atoms. The number of methoxy groups -OCH3 is 1. The molecule has 0 unspecified atom stereocenters. The Morgan fingerprint density at radius 3 is 2.76 bits per heavy atom. The highest BCUT2D eigenvalue weighted by atomic mass is 19.1. The molecule has 2 rings (SSSR count). The molecule has 0 amide bonds. The van der Waals surface area contributed by atoms with Crippen molar-refractivity contribution in [3.63, 3.8) is 0 Å². The number of nitriles is 1. The van der Waals surface area contributed by atoms with Gasteiger partial charge in [0.05, 0.1) is 24.3 Å². The van der Waals surface area contributed by atoms with Gasteiger partial charge in [0.2, 0.25) is 0 Å². The van der Waals surface area contributed by atoms with Gasteiger partial charge in [0.1, 0.15) is 23.9 Å². The summed E-state index contributed by atoms with van der Waals surface area (Å²) in [4.78, 5) is 11.0. The number of hydrogen-bond acceptors (Lipinski definition) is 4. The van der Waals surface area contributed by atoms with E-state index in [1.54, 1.807) is 18.2 Å². The lowest BCUT2D eigenvalue weighted by Gasteiger charge is -2.10. The number of aldehydes is 1. The first-order valence-electron chi connectivity index (χ1n) is 6.12. The minimum absolute atomic E-state index is 0.0552. The van der Waals surface area contributed by atoms with E-state index in [-0.39, 0.29) is 12.2 Å². The third kappa shape index (κ3) is 3.57. The summed E-state index contributed by atoms with van der Waals surface area (Å²) in [6.07, 6.45) is 0.657. The molecular weight excluding hydrogens is 273 g/mol. The van der Waals surface area contributed by atoms with E-state index < -0.39 is 5.82 Å². The van der Waals surface area contributed by atoms with Gasteiger partial charge in [0, 0.05) is 0 Å². The molecule has 0 aliphatic rings. The van der Waals surface area contributed by atoms with Crippen molar-refractivity contribution < 1.29 is 18.7 Å². The van der Waals surface area contributed by atoms with Gasteiger partial charge in [-0.05, 0) is 42.0 Å². The molecule has 0 spiro atoms. The number of carbonyl (C=O) groups is 1. The molecule has 0 saturated heterocycles. The summed E-state index contributed by atoms with van der Waals surface area (Å²) in [5.41, 5.74) is 1.07. The monoisotopic (exact) mass is 285 g/mol. The molecule has 2 aromatic rings. The number of ether oxygens (including phenoxy) is 2. The van der Waals surface area contributed by atoms with Crippen LogP contribution in [0.2, 0.25) is 0 Å².